The number of aryl methyl sites for hydroxylation is 1. The van der Waals surface area contributed by atoms with Crippen LogP contribution >= 0.6 is 0 Å². The zero-order chi connectivity index (χ0) is 18.1. The molecule has 0 aromatic heterocycles. The molecule has 3 N–H and O–H groups in total. The summed E-state index contributed by atoms with van der Waals surface area (Å²) in [6.45, 7) is 5.18. The van der Waals surface area contributed by atoms with E-state index in [0.29, 0.717) is 24.6 Å². The molecule has 0 aliphatic carbocycles. The molecule has 1 atom stereocenters. The van der Waals surface area contributed by atoms with Crippen LogP contribution in [0.2, 0.25) is 0 Å². The number of nitrogens with zero attached hydrogens (tertiary/aromatic N) is 1. The van der Waals surface area contributed by atoms with Crippen molar-refractivity contribution in [3.8, 4) is 0 Å². The van der Waals surface area contributed by atoms with Crippen LogP contribution in [0.4, 0.5) is 0 Å². The minimum absolute atomic E-state index is 0.0638. The molecule has 0 saturated heterocycles. The molecule has 2 aromatic rings. The topological polar surface area (TPSA) is 65.5 Å². The van der Waals surface area contributed by atoms with E-state index in [1.807, 2.05) is 49.4 Å². The van der Waals surface area contributed by atoms with Gasteiger partial charge >= 0.3 is 0 Å². The summed E-state index contributed by atoms with van der Waals surface area (Å²) in [7, 11) is 1.73. The van der Waals surface area contributed by atoms with Crippen LogP contribution in [-0.4, -0.2) is 32.0 Å². The van der Waals surface area contributed by atoms with Gasteiger partial charge in [-0.2, -0.15) is 0 Å². The van der Waals surface area contributed by atoms with Crippen LogP contribution < -0.4 is 16.0 Å². The number of carbonyl (C=O) groups excluding carboxylic acids is 1. The summed E-state index contributed by atoms with van der Waals surface area (Å²) < 4.78 is 0. The average Bonchev–Trinajstić information content (AvgIpc) is 2.64. The summed E-state index contributed by atoms with van der Waals surface area (Å²) in [4.78, 5) is 16.3. The molecule has 5 heteroatoms. The summed E-state index contributed by atoms with van der Waals surface area (Å²) in [5.41, 5.74) is 2.95. The fraction of sp³-hybridized carbons (Fsp3) is 0.300. The standard InChI is InChI=1S/C20H26N4O/c1-15-8-7-11-18(14-15)19(25)22-12-13-23-20(21-3)24-16(2)17-9-5-4-6-10-17/h4-11,14,16H,12-13H2,1-3H3,(H,22,25)(H2,21,23,24). The van der Waals surface area contributed by atoms with Crippen molar-refractivity contribution in [2.45, 2.75) is 19.9 Å². The number of amides is 1. The lowest BCUT2D eigenvalue weighted by Crippen LogP contribution is -2.42. The van der Waals surface area contributed by atoms with Crippen molar-refractivity contribution in [2.75, 3.05) is 20.1 Å². The van der Waals surface area contributed by atoms with Gasteiger partial charge in [0.1, 0.15) is 0 Å². The van der Waals surface area contributed by atoms with Gasteiger partial charge in [0.25, 0.3) is 5.91 Å². The minimum Gasteiger partial charge on any atom is -0.355 e. The Kier molecular flexibility index (Phi) is 7.01. The number of guanidine groups is 1. The van der Waals surface area contributed by atoms with E-state index in [0.717, 1.165) is 5.56 Å². The highest BCUT2D eigenvalue weighted by Gasteiger charge is 2.07. The van der Waals surface area contributed by atoms with Gasteiger partial charge in [-0.25, -0.2) is 0 Å². The third-order valence-electron chi connectivity index (χ3n) is 3.86. The van der Waals surface area contributed by atoms with Crippen molar-refractivity contribution in [1.29, 1.82) is 0 Å². The highest BCUT2D eigenvalue weighted by molar-refractivity contribution is 5.94. The fourth-order valence-electron chi connectivity index (χ4n) is 2.47. The highest BCUT2D eigenvalue weighted by Crippen LogP contribution is 2.10. The third-order valence-corrected chi connectivity index (χ3v) is 3.86. The summed E-state index contributed by atoms with van der Waals surface area (Å²) >= 11 is 0. The van der Waals surface area contributed by atoms with Crippen LogP contribution in [0.1, 0.15) is 34.5 Å². The van der Waals surface area contributed by atoms with Crippen molar-refractivity contribution in [3.63, 3.8) is 0 Å². The van der Waals surface area contributed by atoms with Gasteiger partial charge in [0.05, 0.1) is 6.04 Å². The Morgan fingerprint density at radius 3 is 2.44 bits per heavy atom. The first-order valence-corrected chi connectivity index (χ1v) is 8.47. The van der Waals surface area contributed by atoms with Gasteiger partial charge in [-0.3, -0.25) is 9.79 Å². The lowest BCUT2D eigenvalue weighted by molar-refractivity contribution is 0.0954. The maximum Gasteiger partial charge on any atom is 0.251 e. The number of rotatable bonds is 6. The molecule has 0 aliphatic heterocycles. The van der Waals surface area contributed by atoms with Gasteiger partial charge in [-0.15, -0.1) is 0 Å². The maximum absolute atomic E-state index is 12.1. The van der Waals surface area contributed by atoms with E-state index in [1.54, 1.807) is 7.05 Å². The van der Waals surface area contributed by atoms with E-state index < -0.39 is 0 Å². The SMILES string of the molecule is CN=C(NCCNC(=O)c1cccc(C)c1)NC(C)c1ccccc1. The molecule has 1 amide bonds. The number of hydrogen-bond donors (Lipinski definition) is 3. The number of nitrogens with one attached hydrogen (secondary N) is 3. The van der Waals surface area contributed by atoms with Crippen molar-refractivity contribution in [2.24, 2.45) is 4.99 Å². The molecule has 0 spiro atoms. The van der Waals surface area contributed by atoms with Crippen LogP contribution in [0.3, 0.4) is 0 Å². The Bertz CT molecular complexity index is 713. The quantitative estimate of drug-likeness (QED) is 0.431. The molecule has 132 valence electrons. The molecule has 2 rings (SSSR count). The van der Waals surface area contributed by atoms with E-state index in [9.17, 15) is 4.79 Å². The van der Waals surface area contributed by atoms with Gasteiger partial charge in [-0.1, -0.05) is 48.0 Å². The second-order valence-electron chi connectivity index (χ2n) is 5.90. The van der Waals surface area contributed by atoms with Crippen molar-refractivity contribution < 1.29 is 4.79 Å². The Hall–Kier alpha value is -2.82. The Morgan fingerprint density at radius 1 is 1.04 bits per heavy atom. The largest absolute Gasteiger partial charge is 0.355 e. The molecule has 0 fully saturated rings. The molecule has 25 heavy (non-hydrogen) atoms. The minimum atomic E-state index is -0.0638. The lowest BCUT2D eigenvalue weighted by Gasteiger charge is -2.18. The predicted molar refractivity (Wildman–Crippen MR) is 103 cm³/mol. The number of hydrogen-bond acceptors (Lipinski definition) is 2. The van der Waals surface area contributed by atoms with E-state index in [-0.39, 0.29) is 11.9 Å². The van der Waals surface area contributed by atoms with E-state index in [1.165, 1.54) is 5.56 Å². The Labute approximate surface area is 149 Å². The van der Waals surface area contributed by atoms with Gasteiger partial charge in [0, 0.05) is 25.7 Å². The molecule has 1 unspecified atom stereocenters. The molecule has 0 bridgehead atoms. The number of benzene rings is 2. The summed E-state index contributed by atoms with van der Waals surface area (Å²) in [6, 6.07) is 17.9. The van der Waals surface area contributed by atoms with Gasteiger partial charge < -0.3 is 16.0 Å². The monoisotopic (exact) mass is 338 g/mol. The van der Waals surface area contributed by atoms with E-state index in [2.05, 4.69) is 40.0 Å². The van der Waals surface area contributed by atoms with Crippen molar-refractivity contribution in [3.05, 3.63) is 71.3 Å². The maximum atomic E-state index is 12.1. The Balaban J connectivity index is 1.75. The van der Waals surface area contributed by atoms with Crippen LogP contribution in [0.15, 0.2) is 59.6 Å². The third kappa shape index (κ3) is 5.95. The molecule has 0 radical (unpaired) electrons. The van der Waals surface area contributed by atoms with E-state index in [4.69, 9.17) is 0 Å². The molecular formula is C20H26N4O. The van der Waals surface area contributed by atoms with Gasteiger partial charge in [0.15, 0.2) is 5.96 Å². The zero-order valence-corrected chi connectivity index (χ0v) is 15.0. The van der Waals surface area contributed by atoms with Crippen LogP contribution in [0.25, 0.3) is 0 Å². The zero-order valence-electron chi connectivity index (χ0n) is 15.0. The molecule has 5 nitrogen and oxygen atoms in total. The molecule has 0 saturated carbocycles. The molecule has 0 aliphatic rings. The first-order chi connectivity index (χ1) is 12.1. The number of aliphatic imine (C=N–C) groups is 1. The second-order valence-corrected chi connectivity index (χ2v) is 5.90. The predicted octanol–water partition coefficient (Wildman–Crippen LogP) is 2.65. The smallest absolute Gasteiger partial charge is 0.251 e. The van der Waals surface area contributed by atoms with Crippen molar-refractivity contribution >= 4 is 11.9 Å². The Morgan fingerprint density at radius 2 is 1.76 bits per heavy atom. The highest BCUT2D eigenvalue weighted by atomic mass is 16.1. The first-order valence-electron chi connectivity index (χ1n) is 8.47. The van der Waals surface area contributed by atoms with Crippen LogP contribution in [-0.2, 0) is 0 Å². The van der Waals surface area contributed by atoms with Crippen LogP contribution in [0, 0.1) is 6.92 Å². The molecular weight excluding hydrogens is 312 g/mol. The van der Waals surface area contributed by atoms with E-state index >= 15 is 0 Å². The summed E-state index contributed by atoms with van der Waals surface area (Å²) in [5.74, 6) is 0.646. The first kappa shape index (κ1) is 18.5. The summed E-state index contributed by atoms with van der Waals surface area (Å²) in [5, 5.41) is 9.46. The normalized spacial score (nSPS) is 12.4. The molecule has 2 aromatic carbocycles. The number of carbonyl (C=O) groups is 1. The fourth-order valence-corrected chi connectivity index (χ4v) is 2.47. The van der Waals surface area contributed by atoms with Crippen molar-refractivity contribution in [1.82, 2.24) is 16.0 Å². The molecule has 0 heterocycles. The lowest BCUT2D eigenvalue weighted by atomic mass is 10.1. The average molecular weight is 338 g/mol. The second kappa shape index (κ2) is 9.47. The van der Waals surface area contributed by atoms with Gasteiger partial charge in [-0.05, 0) is 31.5 Å². The van der Waals surface area contributed by atoms with Gasteiger partial charge in [0.2, 0.25) is 0 Å². The van der Waals surface area contributed by atoms with Crippen LogP contribution in [0.5, 0.6) is 0 Å². The summed E-state index contributed by atoms with van der Waals surface area (Å²) in [6.07, 6.45) is 0.